The van der Waals surface area contributed by atoms with Gasteiger partial charge in [0.15, 0.2) is 5.78 Å². The average molecular weight is 265 g/mol. The van der Waals surface area contributed by atoms with Crippen molar-refractivity contribution in [2.24, 2.45) is 5.92 Å². The first-order chi connectivity index (χ1) is 7.15. The van der Waals surface area contributed by atoms with Gasteiger partial charge in [0.25, 0.3) is 0 Å². The van der Waals surface area contributed by atoms with Crippen LogP contribution in [0.5, 0.6) is 0 Å². The van der Waals surface area contributed by atoms with Crippen molar-refractivity contribution in [3.63, 3.8) is 0 Å². The van der Waals surface area contributed by atoms with E-state index in [1.54, 1.807) is 0 Å². The van der Waals surface area contributed by atoms with E-state index in [2.05, 4.69) is 27.8 Å². The summed E-state index contributed by atoms with van der Waals surface area (Å²) in [6.07, 6.45) is 0. The number of alkyl halides is 1. The summed E-state index contributed by atoms with van der Waals surface area (Å²) in [5.74, 6) is 6.12. The molecular weight excluding hydrogens is 252 g/mol. The SMILES string of the molecule is CC(C)C(=O)c1ccc(C#CCBr)cc1. The van der Waals surface area contributed by atoms with E-state index < -0.39 is 0 Å². The fourth-order valence-corrected chi connectivity index (χ4v) is 1.33. The van der Waals surface area contributed by atoms with E-state index in [-0.39, 0.29) is 11.7 Å². The zero-order chi connectivity index (χ0) is 11.3. The summed E-state index contributed by atoms with van der Waals surface area (Å²) in [7, 11) is 0. The average Bonchev–Trinajstić information content (AvgIpc) is 2.26. The van der Waals surface area contributed by atoms with Gasteiger partial charge in [-0.2, -0.15) is 0 Å². The van der Waals surface area contributed by atoms with Gasteiger partial charge < -0.3 is 0 Å². The summed E-state index contributed by atoms with van der Waals surface area (Å²) in [6.45, 7) is 3.81. The van der Waals surface area contributed by atoms with Crippen molar-refractivity contribution in [2.45, 2.75) is 13.8 Å². The van der Waals surface area contributed by atoms with E-state index in [9.17, 15) is 4.79 Å². The van der Waals surface area contributed by atoms with Gasteiger partial charge in [-0.15, -0.1) is 0 Å². The lowest BCUT2D eigenvalue weighted by Crippen LogP contribution is -2.06. The minimum absolute atomic E-state index is 0.0458. The van der Waals surface area contributed by atoms with Crippen molar-refractivity contribution < 1.29 is 4.79 Å². The van der Waals surface area contributed by atoms with E-state index >= 15 is 0 Å². The lowest BCUT2D eigenvalue weighted by atomic mass is 10.0. The van der Waals surface area contributed by atoms with Gasteiger partial charge in [0.05, 0.1) is 5.33 Å². The van der Waals surface area contributed by atoms with Crippen LogP contribution in [-0.4, -0.2) is 11.1 Å². The molecule has 0 aromatic heterocycles. The highest BCUT2D eigenvalue weighted by atomic mass is 79.9. The number of hydrogen-bond donors (Lipinski definition) is 0. The second kappa shape index (κ2) is 5.72. The number of rotatable bonds is 2. The summed E-state index contributed by atoms with van der Waals surface area (Å²) in [6, 6.07) is 7.43. The third-order valence-corrected chi connectivity index (χ3v) is 2.27. The number of hydrogen-bond acceptors (Lipinski definition) is 1. The van der Waals surface area contributed by atoms with Crippen molar-refractivity contribution in [3.8, 4) is 11.8 Å². The molecule has 0 aliphatic carbocycles. The third kappa shape index (κ3) is 3.53. The molecule has 0 fully saturated rings. The largest absolute Gasteiger partial charge is 0.294 e. The zero-order valence-electron chi connectivity index (χ0n) is 8.88. The van der Waals surface area contributed by atoms with E-state index in [1.165, 1.54) is 0 Å². The highest BCUT2D eigenvalue weighted by Gasteiger charge is 2.09. The second-order valence-corrected chi connectivity index (χ2v) is 4.09. The van der Waals surface area contributed by atoms with E-state index in [1.807, 2.05) is 38.1 Å². The summed E-state index contributed by atoms with van der Waals surface area (Å²) < 4.78 is 0. The van der Waals surface area contributed by atoms with Gasteiger partial charge >= 0.3 is 0 Å². The molecule has 0 saturated heterocycles. The number of halogens is 1. The Morgan fingerprint density at radius 3 is 2.40 bits per heavy atom. The second-order valence-electron chi connectivity index (χ2n) is 3.53. The molecule has 0 aliphatic rings. The third-order valence-electron chi connectivity index (χ3n) is 1.99. The summed E-state index contributed by atoms with van der Waals surface area (Å²) in [5, 5.41) is 0.666. The molecule has 2 heteroatoms. The smallest absolute Gasteiger partial charge is 0.165 e. The lowest BCUT2D eigenvalue weighted by molar-refractivity contribution is 0.0939. The van der Waals surface area contributed by atoms with Crippen LogP contribution in [0.3, 0.4) is 0 Å². The van der Waals surface area contributed by atoms with Gasteiger partial charge in [-0.25, -0.2) is 0 Å². The topological polar surface area (TPSA) is 17.1 Å². The van der Waals surface area contributed by atoms with Crippen LogP contribution in [-0.2, 0) is 0 Å². The number of benzene rings is 1. The lowest BCUT2D eigenvalue weighted by Gasteiger charge is -2.03. The van der Waals surface area contributed by atoms with Crippen LogP contribution in [0.15, 0.2) is 24.3 Å². The van der Waals surface area contributed by atoms with Gasteiger partial charge in [-0.1, -0.05) is 53.8 Å². The van der Waals surface area contributed by atoms with Crippen LogP contribution in [0, 0.1) is 17.8 Å². The highest BCUT2D eigenvalue weighted by molar-refractivity contribution is 9.09. The van der Waals surface area contributed by atoms with Gasteiger partial charge in [0.1, 0.15) is 0 Å². The van der Waals surface area contributed by atoms with Crippen LogP contribution in [0.4, 0.5) is 0 Å². The van der Waals surface area contributed by atoms with Gasteiger partial charge in [0.2, 0.25) is 0 Å². The molecule has 1 nitrogen and oxygen atoms in total. The quantitative estimate of drug-likeness (QED) is 0.455. The summed E-state index contributed by atoms with van der Waals surface area (Å²) >= 11 is 3.24. The molecule has 0 heterocycles. The first-order valence-electron chi connectivity index (χ1n) is 4.84. The fraction of sp³-hybridized carbons (Fsp3) is 0.308. The Bertz CT molecular complexity index is 393. The molecular formula is C13H13BrO. The van der Waals surface area contributed by atoms with Crippen LogP contribution in [0.2, 0.25) is 0 Å². The van der Waals surface area contributed by atoms with Crippen LogP contribution in [0.1, 0.15) is 29.8 Å². The van der Waals surface area contributed by atoms with Gasteiger partial charge in [-0.3, -0.25) is 4.79 Å². The summed E-state index contributed by atoms with van der Waals surface area (Å²) in [5.41, 5.74) is 1.70. The number of Topliss-reactive ketones (excluding diaryl/α,β-unsaturated/α-hetero) is 1. The van der Waals surface area contributed by atoms with Gasteiger partial charge in [-0.05, 0) is 12.1 Å². The minimum atomic E-state index is 0.0458. The number of carbonyl (C=O) groups is 1. The number of ketones is 1. The Morgan fingerprint density at radius 2 is 1.93 bits per heavy atom. The van der Waals surface area contributed by atoms with Crippen molar-refractivity contribution in [1.82, 2.24) is 0 Å². The zero-order valence-corrected chi connectivity index (χ0v) is 10.5. The Balaban J connectivity index is 2.85. The molecule has 15 heavy (non-hydrogen) atoms. The molecule has 0 spiro atoms. The van der Waals surface area contributed by atoms with Crippen molar-refractivity contribution in [1.29, 1.82) is 0 Å². The van der Waals surface area contributed by atoms with Crippen LogP contribution in [0.25, 0.3) is 0 Å². The Morgan fingerprint density at radius 1 is 1.33 bits per heavy atom. The van der Waals surface area contributed by atoms with Crippen molar-refractivity contribution in [2.75, 3.05) is 5.33 Å². The molecule has 0 N–H and O–H groups in total. The Kier molecular flexibility index (Phi) is 4.58. The first kappa shape index (κ1) is 12.0. The number of carbonyl (C=O) groups excluding carboxylic acids is 1. The standard InChI is InChI=1S/C13H13BrO/c1-10(2)13(15)12-7-5-11(6-8-12)4-3-9-14/h5-8,10H,9H2,1-2H3. The van der Waals surface area contributed by atoms with Crippen LogP contribution >= 0.6 is 15.9 Å². The molecule has 0 atom stereocenters. The predicted octanol–water partition coefficient (Wildman–Crippen LogP) is 3.27. The monoisotopic (exact) mass is 264 g/mol. The maximum absolute atomic E-state index is 11.6. The minimum Gasteiger partial charge on any atom is -0.294 e. The molecule has 78 valence electrons. The molecule has 0 radical (unpaired) electrons. The highest BCUT2D eigenvalue weighted by Crippen LogP contribution is 2.09. The maximum Gasteiger partial charge on any atom is 0.165 e. The molecule has 1 rings (SSSR count). The van der Waals surface area contributed by atoms with E-state index in [0.29, 0.717) is 5.33 Å². The fourth-order valence-electron chi connectivity index (χ4n) is 1.19. The van der Waals surface area contributed by atoms with Crippen LogP contribution < -0.4 is 0 Å². The molecule has 0 saturated carbocycles. The Hall–Kier alpha value is -1.07. The molecule has 0 unspecified atom stereocenters. The molecule has 0 aliphatic heterocycles. The van der Waals surface area contributed by atoms with Gasteiger partial charge in [0, 0.05) is 17.0 Å². The first-order valence-corrected chi connectivity index (χ1v) is 5.96. The van der Waals surface area contributed by atoms with E-state index in [4.69, 9.17) is 0 Å². The molecule has 0 amide bonds. The molecule has 1 aromatic rings. The van der Waals surface area contributed by atoms with Crippen molar-refractivity contribution in [3.05, 3.63) is 35.4 Å². The van der Waals surface area contributed by atoms with Crippen molar-refractivity contribution >= 4 is 21.7 Å². The maximum atomic E-state index is 11.6. The molecule has 1 aromatic carbocycles. The summed E-state index contributed by atoms with van der Waals surface area (Å²) in [4.78, 5) is 11.6. The predicted molar refractivity (Wildman–Crippen MR) is 66.3 cm³/mol. The Labute approximate surface area is 99.0 Å². The van der Waals surface area contributed by atoms with E-state index in [0.717, 1.165) is 11.1 Å². The molecule has 0 bridgehead atoms. The normalized spacial score (nSPS) is 9.60.